The molecule has 2 aliphatic heterocycles. The minimum absolute atomic E-state index is 0.333. The van der Waals surface area contributed by atoms with E-state index in [2.05, 4.69) is 4.98 Å². The van der Waals surface area contributed by atoms with Crippen molar-refractivity contribution in [1.29, 1.82) is 0 Å². The Morgan fingerprint density at radius 2 is 2.15 bits per heavy atom. The second kappa shape index (κ2) is 4.92. The van der Waals surface area contributed by atoms with Gasteiger partial charge in [0.2, 0.25) is 0 Å². The summed E-state index contributed by atoms with van der Waals surface area (Å²) in [5, 5.41) is 0. The summed E-state index contributed by atoms with van der Waals surface area (Å²) in [7, 11) is 0. The Balaban J connectivity index is 1.90. The molecule has 1 spiro atoms. The number of carbonyl (C=O) groups is 1. The lowest BCUT2D eigenvalue weighted by Gasteiger charge is -2.39. The van der Waals surface area contributed by atoms with Gasteiger partial charge in [-0.3, -0.25) is 4.79 Å². The Hall–Kier alpha value is -1.86. The molecule has 2 saturated heterocycles. The first-order valence-corrected chi connectivity index (χ1v) is 6.68. The Morgan fingerprint density at radius 1 is 1.40 bits per heavy atom. The third kappa shape index (κ3) is 2.30. The second-order valence-corrected chi connectivity index (χ2v) is 5.14. The van der Waals surface area contributed by atoms with Crippen molar-refractivity contribution in [1.82, 2.24) is 4.98 Å². The molecular formula is C13H18N4O3. The van der Waals surface area contributed by atoms with E-state index in [1.807, 2.05) is 4.90 Å². The zero-order chi connectivity index (χ0) is 14.2. The maximum absolute atomic E-state index is 11.6. The van der Waals surface area contributed by atoms with Crippen molar-refractivity contribution in [3.63, 3.8) is 0 Å². The fourth-order valence-electron chi connectivity index (χ4n) is 2.81. The van der Waals surface area contributed by atoms with E-state index in [9.17, 15) is 4.79 Å². The van der Waals surface area contributed by atoms with Crippen molar-refractivity contribution < 1.29 is 14.3 Å². The van der Waals surface area contributed by atoms with Crippen LogP contribution in [0.25, 0.3) is 0 Å². The van der Waals surface area contributed by atoms with E-state index < -0.39 is 11.7 Å². The molecule has 0 aliphatic carbocycles. The highest BCUT2D eigenvalue weighted by atomic mass is 16.7. The number of carbonyl (C=O) groups excluding carboxylic acids is 1. The van der Waals surface area contributed by atoms with Crippen LogP contribution in [0, 0.1) is 0 Å². The van der Waals surface area contributed by atoms with Crippen LogP contribution in [-0.2, 0) is 9.47 Å². The van der Waals surface area contributed by atoms with E-state index in [4.69, 9.17) is 20.9 Å². The standard InChI is InChI=1S/C13H18N4O3/c14-9-6-10(11(15)18)12(16-7-9)17-3-1-2-13(8-17)19-4-5-20-13/h6-7H,1-5,8,14H2,(H2,15,18). The highest BCUT2D eigenvalue weighted by molar-refractivity contribution is 5.98. The molecule has 108 valence electrons. The number of hydrogen-bond acceptors (Lipinski definition) is 6. The molecule has 20 heavy (non-hydrogen) atoms. The minimum Gasteiger partial charge on any atom is -0.397 e. The molecule has 0 atom stereocenters. The molecule has 0 aromatic carbocycles. The number of pyridine rings is 1. The topological polar surface area (TPSA) is 104 Å². The Labute approximate surface area is 116 Å². The number of amides is 1. The molecule has 4 N–H and O–H groups in total. The molecule has 3 heterocycles. The third-order valence-electron chi connectivity index (χ3n) is 3.68. The van der Waals surface area contributed by atoms with Crippen LogP contribution in [0.5, 0.6) is 0 Å². The van der Waals surface area contributed by atoms with E-state index >= 15 is 0 Å². The van der Waals surface area contributed by atoms with Crippen LogP contribution in [0.2, 0.25) is 0 Å². The zero-order valence-electron chi connectivity index (χ0n) is 11.2. The first-order chi connectivity index (χ1) is 9.60. The van der Waals surface area contributed by atoms with Crippen molar-refractivity contribution in [3.05, 3.63) is 17.8 Å². The lowest BCUT2D eigenvalue weighted by molar-refractivity contribution is -0.161. The number of nitrogen functional groups attached to an aromatic ring is 1. The van der Waals surface area contributed by atoms with Crippen molar-refractivity contribution in [2.24, 2.45) is 5.73 Å². The molecule has 2 aliphatic rings. The number of nitrogens with two attached hydrogens (primary N) is 2. The third-order valence-corrected chi connectivity index (χ3v) is 3.68. The van der Waals surface area contributed by atoms with Gasteiger partial charge in [0.15, 0.2) is 5.79 Å². The van der Waals surface area contributed by atoms with E-state index in [-0.39, 0.29) is 0 Å². The van der Waals surface area contributed by atoms with Crippen LogP contribution in [-0.4, -0.2) is 43.0 Å². The largest absolute Gasteiger partial charge is 0.397 e. The summed E-state index contributed by atoms with van der Waals surface area (Å²) in [6.45, 7) is 2.53. The minimum atomic E-state index is -0.573. The Kier molecular flexibility index (Phi) is 3.23. The van der Waals surface area contributed by atoms with E-state index in [0.717, 1.165) is 19.4 Å². The van der Waals surface area contributed by atoms with Crippen LogP contribution in [0.3, 0.4) is 0 Å². The number of hydrogen-bond donors (Lipinski definition) is 2. The number of anilines is 2. The molecule has 3 rings (SSSR count). The van der Waals surface area contributed by atoms with Crippen molar-refractivity contribution in [2.75, 3.05) is 36.9 Å². The Morgan fingerprint density at radius 3 is 2.85 bits per heavy atom. The second-order valence-electron chi connectivity index (χ2n) is 5.14. The first-order valence-electron chi connectivity index (χ1n) is 6.68. The molecule has 1 aromatic heterocycles. The summed E-state index contributed by atoms with van der Waals surface area (Å²) < 4.78 is 11.4. The molecule has 1 amide bonds. The predicted molar refractivity (Wildman–Crippen MR) is 73.2 cm³/mol. The lowest BCUT2D eigenvalue weighted by Crippen LogP contribution is -2.49. The number of rotatable bonds is 2. The molecular weight excluding hydrogens is 260 g/mol. The summed E-state index contributed by atoms with van der Waals surface area (Å²) in [6, 6.07) is 1.56. The normalized spacial score (nSPS) is 21.3. The molecule has 7 nitrogen and oxygen atoms in total. The molecule has 0 saturated carbocycles. The summed E-state index contributed by atoms with van der Waals surface area (Å²) in [4.78, 5) is 17.8. The average Bonchev–Trinajstić information content (AvgIpc) is 2.86. The number of piperidine rings is 1. The van der Waals surface area contributed by atoms with Gasteiger partial charge in [-0.15, -0.1) is 0 Å². The summed E-state index contributed by atoms with van der Waals surface area (Å²) in [5.74, 6) is -0.562. The average molecular weight is 278 g/mol. The van der Waals surface area contributed by atoms with Crippen LogP contribution < -0.4 is 16.4 Å². The van der Waals surface area contributed by atoms with Gasteiger partial charge >= 0.3 is 0 Å². The van der Waals surface area contributed by atoms with Crippen LogP contribution >= 0.6 is 0 Å². The van der Waals surface area contributed by atoms with Gasteiger partial charge in [0.25, 0.3) is 5.91 Å². The fraction of sp³-hybridized carbons (Fsp3) is 0.538. The first kappa shape index (κ1) is 13.1. The van der Waals surface area contributed by atoms with Crippen LogP contribution in [0.1, 0.15) is 23.2 Å². The summed E-state index contributed by atoms with van der Waals surface area (Å²) >= 11 is 0. The van der Waals surface area contributed by atoms with Gasteiger partial charge in [0.1, 0.15) is 5.82 Å². The van der Waals surface area contributed by atoms with Gasteiger partial charge in [-0.1, -0.05) is 0 Å². The van der Waals surface area contributed by atoms with Crippen molar-refractivity contribution in [2.45, 2.75) is 18.6 Å². The van der Waals surface area contributed by atoms with Gasteiger partial charge in [-0.25, -0.2) is 4.98 Å². The summed E-state index contributed by atoms with van der Waals surface area (Å²) in [6.07, 6.45) is 3.29. The van der Waals surface area contributed by atoms with Crippen LogP contribution in [0.15, 0.2) is 12.3 Å². The highest BCUT2D eigenvalue weighted by Gasteiger charge is 2.41. The molecule has 0 radical (unpaired) electrons. The summed E-state index contributed by atoms with van der Waals surface area (Å²) in [5.41, 5.74) is 11.8. The Bertz CT molecular complexity index is 528. The van der Waals surface area contributed by atoms with Crippen molar-refractivity contribution >= 4 is 17.4 Å². The van der Waals surface area contributed by atoms with Gasteiger partial charge in [0, 0.05) is 13.0 Å². The van der Waals surface area contributed by atoms with E-state index in [0.29, 0.717) is 36.8 Å². The highest BCUT2D eigenvalue weighted by Crippen LogP contribution is 2.33. The number of ether oxygens (including phenoxy) is 2. The number of aromatic nitrogens is 1. The molecule has 0 bridgehead atoms. The van der Waals surface area contributed by atoms with Crippen LogP contribution in [0.4, 0.5) is 11.5 Å². The van der Waals surface area contributed by atoms with Gasteiger partial charge in [0.05, 0.1) is 37.2 Å². The van der Waals surface area contributed by atoms with E-state index in [1.54, 1.807) is 6.07 Å². The monoisotopic (exact) mass is 278 g/mol. The van der Waals surface area contributed by atoms with Crippen molar-refractivity contribution in [3.8, 4) is 0 Å². The van der Waals surface area contributed by atoms with Gasteiger partial charge < -0.3 is 25.8 Å². The molecule has 2 fully saturated rings. The number of primary amides is 1. The van der Waals surface area contributed by atoms with Gasteiger partial charge in [-0.2, -0.15) is 0 Å². The molecule has 1 aromatic rings. The molecule has 0 unspecified atom stereocenters. The maximum atomic E-state index is 11.6. The smallest absolute Gasteiger partial charge is 0.252 e. The lowest BCUT2D eigenvalue weighted by atomic mass is 10.0. The van der Waals surface area contributed by atoms with Gasteiger partial charge in [-0.05, 0) is 12.5 Å². The fourth-order valence-corrected chi connectivity index (χ4v) is 2.81. The molecule has 7 heteroatoms. The SMILES string of the molecule is NC(=O)c1cc(N)cnc1N1CCCC2(C1)OCCO2. The predicted octanol–water partition coefficient (Wildman–Crippen LogP) is 0.106. The maximum Gasteiger partial charge on any atom is 0.252 e. The quantitative estimate of drug-likeness (QED) is 0.795. The zero-order valence-corrected chi connectivity index (χ0v) is 11.2. The van der Waals surface area contributed by atoms with E-state index in [1.165, 1.54) is 6.20 Å². The number of nitrogens with zero attached hydrogens (tertiary/aromatic N) is 2.